The molecule has 0 fully saturated rings. The normalized spacial score (nSPS) is 10.6. The summed E-state index contributed by atoms with van der Waals surface area (Å²) < 4.78 is 10.4. The van der Waals surface area contributed by atoms with E-state index in [0.717, 1.165) is 11.1 Å². The Kier molecular flexibility index (Phi) is 3.74. The van der Waals surface area contributed by atoms with Gasteiger partial charge in [-0.2, -0.15) is 0 Å². The summed E-state index contributed by atoms with van der Waals surface area (Å²) in [7, 11) is 0. The van der Waals surface area contributed by atoms with Crippen molar-refractivity contribution in [3.8, 4) is 0 Å². The van der Waals surface area contributed by atoms with Crippen molar-refractivity contribution in [1.82, 2.24) is 0 Å². The fourth-order valence-corrected chi connectivity index (χ4v) is 2.20. The molecule has 0 unspecified atom stereocenters. The minimum atomic E-state index is -0.687. The van der Waals surface area contributed by atoms with E-state index in [0.29, 0.717) is 11.0 Å². The number of benzene rings is 2. The van der Waals surface area contributed by atoms with Gasteiger partial charge in [-0.05, 0) is 30.2 Å². The molecule has 4 heteroatoms. The van der Waals surface area contributed by atoms with E-state index in [-0.39, 0.29) is 12.2 Å². The second-order valence-corrected chi connectivity index (χ2v) is 4.99. The summed E-state index contributed by atoms with van der Waals surface area (Å²) in [4.78, 5) is 24.0. The van der Waals surface area contributed by atoms with Gasteiger partial charge < -0.3 is 9.15 Å². The molecule has 0 bridgehead atoms. The number of carbonyl (C=O) groups excluding carboxylic acids is 1. The molecule has 0 N–H and O–H groups in total. The van der Waals surface area contributed by atoms with Crippen molar-refractivity contribution in [3.05, 3.63) is 81.7 Å². The number of esters is 1. The monoisotopic (exact) mass is 294 g/mol. The Bertz CT molecular complexity index is 893. The van der Waals surface area contributed by atoms with Crippen molar-refractivity contribution in [2.24, 2.45) is 0 Å². The zero-order valence-electron chi connectivity index (χ0n) is 12.0. The fraction of sp³-hybridized carbons (Fsp3) is 0.111. The van der Waals surface area contributed by atoms with Crippen molar-refractivity contribution >= 4 is 16.9 Å². The van der Waals surface area contributed by atoms with Crippen LogP contribution in [0.5, 0.6) is 0 Å². The molecular formula is C18H14O4. The predicted molar refractivity (Wildman–Crippen MR) is 82.8 cm³/mol. The number of fused-ring (bicyclic) bond motifs is 1. The molecule has 0 aliphatic heterocycles. The van der Waals surface area contributed by atoms with Gasteiger partial charge in [0.1, 0.15) is 17.8 Å². The lowest BCUT2D eigenvalue weighted by atomic mass is 10.1. The van der Waals surface area contributed by atoms with Gasteiger partial charge in [0.25, 0.3) is 0 Å². The van der Waals surface area contributed by atoms with Crippen molar-refractivity contribution in [1.29, 1.82) is 0 Å². The topological polar surface area (TPSA) is 56.5 Å². The third-order valence-corrected chi connectivity index (χ3v) is 3.48. The fourth-order valence-electron chi connectivity index (χ4n) is 2.20. The molecular weight excluding hydrogens is 280 g/mol. The van der Waals surface area contributed by atoms with E-state index in [1.54, 1.807) is 18.2 Å². The van der Waals surface area contributed by atoms with Gasteiger partial charge in [0.05, 0.1) is 0 Å². The Morgan fingerprint density at radius 3 is 2.64 bits per heavy atom. The summed E-state index contributed by atoms with van der Waals surface area (Å²) in [6, 6.07) is 16.1. The Balaban J connectivity index is 1.85. The van der Waals surface area contributed by atoms with Gasteiger partial charge in [-0.15, -0.1) is 0 Å². The van der Waals surface area contributed by atoms with Crippen LogP contribution in [0.4, 0.5) is 0 Å². The molecule has 22 heavy (non-hydrogen) atoms. The first-order chi connectivity index (χ1) is 10.6. The third kappa shape index (κ3) is 2.76. The van der Waals surface area contributed by atoms with E-state index >= 15 is 0 Å². The van der Waals surface area contributed by atoms with E-state index < -0.39 is 11.6 Å². The number of hydrogen-bond donors (Lipinski definition) is 0. The van der Waals surface area contributed by atoms with Gasteiger partial charge in [-0.1, -0.05) is 42.5 Å². The van der Waals surface area contributed by atoms with Crippen LogP contribution in [0, 0.1) is 6.92 Å². The maximum Gasteiger partial charge on any atom is 0.351 e. The summed E-state index contributed by atoms with van der Waals surface area (Å²) in [6.07, 6.45) is 0. The van der Waals surface area contributed by atoms with Crippen LogP contribution in [-0.4, -0.2) is 5.97 Å². The van der Waals surface area contributed by atoms with Crippen LogP contribution in [0.1, 0.15) is 21.5 Å². The summed E-state index contributed by atoms with van der Waals surface area (Å²) in [5.74, 6) is -0.678. The molecule has 0 aliphatic carbocycles. The van der Waals surface area contributed by atoms with Crippen LogP contribution in [0.15, 0.2) is 63.8 Å². The standard InChI is InChI=1S/C18H14O4/c1-12-6-2-3-8-14(12)11-21-17(19)15-10-13-7-4-5-9-16(13)22-18(15)20/h2-10H,11H2,1H3. The SMILES string of the molecule is Cc1ccccc1COC(=O)c1cc2ccccc2oc1=O. The minimum absolute atomic E-state index is 0.0905. The molecule has 2 aromatic carbocycles. The van der Waals surface area contributed by atoms with Crippen molar-refractivity contribution < 1.29 is 13.9 Å². The van der Waals surface area contributed by atoms with E-state index in [9.17, 15) is 9.59 Å². The summed E-state index contributed by atoms with van der Waals surface area (Å²) in [6.45, 7) is 2.06. The number of rotatable bonds is 3. The van der Waals surface area contributed by atoms with Gasteiger partial charge in [0, 0.05) is 5.39 Å². The largest absolute Gasteiger partial charge is 0.457 e. The lowest BCUT2D eigenvalue weighted by Crippen LogP contribution is -2.16. The highest BCUT2D eigenvalue weighted by Crippen LogP contribution is 2.14. The van der Waals surface area contributed by atoms with Crippen molar-refractivity contribution in [3.63, 3.8) is 0 Å². The predicted octanol–water partition coefficient (Wildman–Crippen LogP) is 3.46. The first-order valence-electron chi connectivity index (χ1n) is 6.89. The van der Waals surface area contributed by atoms with Gasteiger partial charge in [-0.25, -0.2) is 9.59 Å². The smallest absolute Gasteiger partial charge is 0.351 e. The van der Waals surface area contributed by atoms with E-state index in [4.69, 9.17) is 9.15 Å². The average molecular weight is 294 g/mol. The maximum absolute atomic E-state index is 12.1. The van der Waals surface area contributed by atoms with Gasteiger partial charge in [0.15, 0.2) is 0 Å². The van der Waals surface area contributed by atoms with Crippen LogP contribution in [-0.2, 0) is 11.3 Å². The van der Waals surface area contributed by atoms with Crippen LogP contribution in [0.2, 0.25) is 0 Å². The molecule has 0 radical (unpaired) electrons. The highest BCUT2D eigenvalue weighted by molar-refractivity contribution is 5.92. The second-order valence-electron chi connectivity index (χ2n) is 4.99. The molecule has 0 aliphatic rings. The molecule has 4 nitrogen and oxygen atoms in total. The van der Waals surface area contributed by atoms with Gasteiger partial charge in [0.2, 0.25) is 0 Å². The molecule has 1 aromatic heterocycles. The molecule has 0 spiro atoms. The Labute approximate surface area is 127 Å². The first-order valence-corrected chi connectivity index (χ1v) is 6.89. The molecule has 1 heterocycles. The van der Waals surface area contributed by atoms with Crippen LogP contribution < -0.4 is 5.63 Å². The first kappa shape index (κ1) is 14.1. The summed E-state index contributed by atoms with van der Waals surface area (Å²) in [5, 5.41) is 0.685. The molecule has 0 saturated carbocycles. The molecule has 3 aromatic rings. The van der Waals surface area contributed by atoms with E-state index in [2.05, 4.69) is 0 Å². The maximum atomic E-state index is 12.1. The minimum Gasteiger partial charge on any atom is -0.457 e. The number of para-hydroxylation sites is 1. The van der Waals surface area contributed by atoms with Crippen LogP contribution in [0.25, 0.3) is 11.0 Å². The number of carbonyl (C=O) groups is 1. The average Bonchev–Trinajstić information content (AvgIpc) is 2.53. The van der Waals surface area contributed by atoms with Crippen molar-refractivity contribution in [2.75, 3.05) is 0 Å². The molecule has 0 saturated heterocycles. The number of hydrogen-bond acceptors (Lipinski definition) is 4. The second kappa shape index (κ2) is 5.85. The molecule has 110 valence electrons. The molecule has 3 rings (SSSR count). The van der Waals surface area contributed by atoms with Gasteiger partial charge in [-0.3, -0.25) is 0 Å². The summed E-state index contributed by atoms with van der Waals surface area (Å²) in [5.41, 5.74) is 1.60. The lowest BCUT2D eigenvalue weighted by molar-refractivity contribution is 0.0467. The molecule has 0 amide bonds. The third-order valence-electron chi connectivity index (χ3n) is 3.48. The zero-order valence-corrected chi connectivity index (χ0v) is 12.0. The highest BCUT2D eigenvalue weighted by Gasteiger charge is 2.15. The Morgan fingerprint density at radius 1 is 1.09 bits per heavy atom. The van der Waals surface area contributed by atoms with Gasteiger partial charge >= 0.3 is 11.6 Å². The quantitative estimate of drug-likeness (QED) is 0.548. The van der Waals surface area contributed by atoms with Crippen molar-refractivity contribution in [2.45, 2.75) is 13.5 Å². The lowest BCUT2D eigenvalue weighted by Gasteiger charge is -2.07. The molecule has 0 atom stereocenters. The van der Waals surface area contributed by atoms with Crippen LogP contribution in [0.3, 0.4) is 0 Å². The van der Waals surface area contributed by atoms with E-state index in [1.165, 1.54) is 6.07 Å². The zero-order chi connectivity index (χ0) is 15.5. The summed E-state index contributed by atoms with van der Waals surface area (Å²) >= 11 is 0. The van der Waals surface area contributed by atoms with Crippen LogP contribution >= 0.6 is 0 Å². The Morgan fingerprint density at radius 2 is 1.82 bits per heavy atom. The highest BCUT2D eigenvalue weighted by atomic mass is 16.5. The number of aryl methyl sites for hydroxylation is 1. The number of ether oxygens (including phenoxy) is 1. The van der Waals surface area contributed by atoms with E-state index in [1.807, 2.05) is 37.3 Å². The Hall–Kier alpha value is -2.88.